The lowest BCUT2D eigenvalue weighted by Gasteiger charge is -2.27. The van der Waals surface area contributed by atoms with E-state index in [1.165, 1.54) is 5.56 Å². The van der Waals surface area contributed by atoms with E-state index >= 15 is 0 Å². The van der Waals surface area contributed by atoms with Crippen LogP contribution < -0.4 is 0 Å². The average Bonchev–Trinajstić information content (AvgIpc) is 2.51. The molecular formula is C19H24O2Si. The molecule has 0 saturated carbocycles. The minimum absolute atomic E-state index is 0.0152. The maximum absolute atomic E-state index is 12.6. The van der Waals surface area contributed by atoms with Crippen LogP contribution in [0, 0.1) is 0 Å². The first-order valence-electron chi connectivity index (χ1n) is 7.71. The number of esters is 1. The van der Waals surface area contributed by atoms with Crippen molar-refractivity contribution in [2.75, 3.05) is 0 Å². The van der Waals surface area contributed by atoms with Gasteiger partial charge in [0, 0.05) is 0 Å². The second-order valence-corrected chi connectivity index (χ2v) is 12.1. The minimum Gasteiger partial charge on any atom is -0.461 e. The molecule has 2 rings (SSSR count). The number of carbonyl (C=O) groups excluding carboxylic acids is 1. The molecule has 1 unspecified atom stereocenters. The van der Waals surface area contributed by atoms with Crippen molar-refractivity contribution < 1.29 is 9.53 Å². The Bertz CT molecular complexity index is 588. The molecule has 1 atom stereocenters. The van der Waals surface area contributed by atoms with E-state index in [1.54, 1.807) is 0 Å². The number of hydrogen-bond acceptors (Lipinski definition) is 2. The molecule has 3 heteroatoms. The van der Waals surface area contributed by atoms with Crippen LogP contribution in [0.1, 0.15) is 11.1 Å². The standard InChI is InChI=1S/C19H24O2Si/c1-22(2,3)18(14-16-10-6-4-7-11-16)19(20)21-15-17-12-8-5-9-13-17/h4-13,18H,14-15H2,1-3H3. The predicted octanol–water partition coefficient (Wildman–Crippen LogP) is 4.68. The zero-order chi connectivity index (χ0) is 16.0. The third-order valence-corrected chi connectivity index (χ3v) is 6.37. The largest absolute Gasteiger partial charge is 0.461 e. The maximum atomic E-state index is 12.6. The van der Waals surface area contributed by atoms with Gasteiger partial charge in [0.15, 0.2) is 0 Å². The fraction of sp³-hybridized carbons (Fsp3) is 0.316. The van der Waals surface area contributed by atoms with Gasteiger partial charge in [0.25, 0.3) is 0 Å². The Labute approximate surface area is 134 Å². The topological polar surface area (TPSA) is 26.3 Å². The zero-order valence-corrected chi connectivity index (χ0v) is 14.6. The maximum Gasteiger partial charge on any atom is 0.306 e. The number of ether oxygens (including phenoxy) is 1. The molecule has 0 N–H and O–H groups in total. The molecule has 2 aromatic carbocycles. The van der Waals surface area contributed by atoms with Gasteiger partial charge in [-0.3, -0.25) is 4.79 Å². The molecule has 116 valence electrons. The molecule has 0 aliphatic heterocycles. The minimum atomic E-state index is -1.65. The van der Waals surface area contributed by atoms with Crippen LogP contribution in [0.25, 0.3) is 0 Å². The quantitative estimate of drug-likeness (QED) is 0.572. The van der Waals surface area contributed by atoms with Crippen molar-refractivity contribution in [2.24, 2.45) is 0 Å². The van der Waals surface area contributed by atoms with Gasteiger partial charge >= 0.3 is 5.97 Å². The molecule has 0 heterocycles. The van der Waals surface area contributed by atoms with Crippen LogP contribution in [-0.2, 0) is 22.6 Å². The molecular weight excluding hydrogens is 288 g/mol. The van der Waals surface area contributed by atoms with E-state index in [-0.39, 0.29) is 11.5 Å². The number of rotatable bonds is 6. The smallest absolute Gasteiger partial charge is 0.306 e. The summed E-state index contributed by atoms with van der Waals surface area (Å²) in [5.41, 5.74) is 2.22. The molecule has 0 aliphatic carbocycles. The molecule has 0 aliphatic rings. The van der Waals surface area contributed by atoms with E-state index < -0.39 is 8.07 Å². The third kappa shape index (κ3) is 4.85. The van der Waals surface area contributed by atoms with Crippen molar-refractivity contribution in [3.63, 3.8) is 0 Å². The van der Waals surface area contributed by atoms with Crippen LogP contribution >= 0.6 is 0 Å². The number of hydrogen-bond donors (Lipinski definition) is 0. The van der Waals surface area contributed by atoms with E-state index in [9.17, 15) is 4.79 Å². The van der Waals surface area contributed by atoms with Crippen LogP contribution in [0.3, 0.4) is 0 Å². The summed E-state index contributed by atoms with van der Waals surface area (Å²) in [6, 6.07) is 20.0. The highest BCUT2D eigenvalue weighted by molar-refractivity contribution is 6.80. The molecule has 2 nitrogen and oxygen atoms in total. The summed E-state index contributed by atoms with van der Waals surface area (Å²) in [6.07, 6.45) is 0.768. The van der Waals surface area contributed by atoms with Crippen LogP contribution in [-0.4, -0.2) is 14.0 Å². The van der Waals surface area contributed by atoms with Crippen LogP contribution in [0.2, 0.25) is 25.2 Å². The summed E-state index contributed by atoms with van der Waals surface area (Å²) in [4.78, 5) is 12.6. The summed E-state index contributed by atoms with van der Waals surface area (Å²) in [5, 5.41) is 0. The first kappa shape index (κ1) is 16.5. The van der Waals surface area contributed by atoms with Crippen LogP contribution in [0.5, 0.6) is 0 Å². The molecule has 22 heavy (non-hydrogen) atoms. The van der Waals surface area contributed by atoms with Crippen molar-refractivity contribution in [1.82, 2.24) is 0 Å². The van der Waals surface area contributed by atoms with Crippen molar-refractivity contribution in [1.29, 1.82) is 0 Å². The lowest BCUT2D eigenvalue weighted by atomic mass is 10.1. The van der Waals surface area contributed by atoms with E-state index in [2.05, 4.69) is 31.8 Å². The van der Waals surface area contributed by atoms with E-state index in [4.69, 9.17) is 4.74 Å². The van der Waals surface area contributed by atoms with Crippen molar-refractivity contribution in [3.05, 3.63) is 71.8 Å². The normalized spacial score (nSPS) is 12.7. The van der Waals surface area contributed by atoms with Gasteiger partial charge in [-0.2, -0.15) is 0 Å². The van der Waals surface area contributed by atoms with Crippen molar-refractivity contribution in [2.45, 2.75) is 38.2 Å². The molecule has 0 amide bonds. The Morgan fingerprint density at radius 3 is 1.91 bits per heavy atom. The first-order chi connectivity index (χ1) is 10.5. The Morgan fingerprint density at radius 1 is 0.909 bits per heavy atom. The second kappa shape index (κ2) is 7.41. The predicted molar refractivity (Wildman–Crippen MR) is 93.5 cm³/mol. The van der Waals surface area contributed by atoms with Crippen molar-refractivity contribution in [3.8, 4) is 0 Å². The second-order valence-electron chi connectivity index (χ2n) is 6.70. The highest BCUT2D eigenvalue weighted by atomic mass is 28.3. The summed E-state index contributed by atoms with van der Waals surface area (Å²) in [6.45, 7) is 7.04. The summed E-state index contributed by atoms with van der Waals surface area (Å²) >= 11 is 0. The van der Waals surface area contributed by atoms with Crippen molar-refractivity contribution >= 4 is 14.0 Å². The van der Waals surface area contributed by atoms with Gasteiger partial charge < -0.3 is 4.74 Å². The molecule has 0 radical (unpaired) electrons. The van der Waals surface area contributed by atoms with Gasteiger partial charge in [0.2, 0.25) is 0 Å². The van der Waals surface area contributed by atoms with Gasteiger partial charge in [-0.15, -0.1) is 0 Å². The molecule has 0 saturated heterocycles. The Kier molecular flexibility index (Phi) is 5.55. The number of benzene rings is 2. The van der Waals surface area contributed by atoms with Gasteiger partial charge in [-0.05, 0) is 17.5 Å². The highest BCUT2D eigenvalue weighted by Crippen LogP contribution is 2.28. The Balaban J connectivity index is 2.04. The highest BCUT2D eigenvalue weighted by Gasteiger charge is 2.34. The van der Waals surface area contributed by atoms with E-state index in [0.717, 1.165) is 12.0 Å². The fourth-order valence-corrected chi connectivity index (χ4v) is 4.06. The van der Waals surface area contributed by atoms with Gasteiger partial charge in [0.1, 0.15) is 6.61 Å². The Morgan fingerprint density at radius 2 is 1.41 bits per heavy atom. The molecule has 2 aromatic rings. The Hall–Kier alpha value is -1.87. The lowest BCUT2D eigenvalue weighted by Crippen LogP contribution is -2.36. The molecule has 0 spiro atoms. The summed E-state index contributed by atoms with van der Waals surface area (Å²) < 4.78 is 5.58. The average molecular weight is 312 g/mol. The monoisotopic (exact) mass is 312 g/mol. The van der Waals surface area contributed by atoms with E-state index in [1.807, 2.05) is 48.5 Å². The number of carbonyl (C=O) groups is 1. The summed E-state index contributed by atoms with van der Waals surface area (Å²) in [7, 11) is -1.65. The SMILES string of the molecule is C[Si](C)(C)C(Cc1ccccc1)C(=O)OCc1ccccc1. The van der Waals surface area contributed by atoms with Gasteiger partial charge in [0.05, 0.1) is 13.6 Å². The molecule has 0 aromatic heterocycles. The molecule has 0 bridgehead atoms. The first-order valence-corrected chi connectivity index (χ1v) is 11.3. The third-order valence-electron chi connectivity index (χ3n) is 3.84. The van der Waals surface area contributed by atoms with Crippen LogP contribution in [0.4, 0.5) is 0 Å². The fourth-order valence-electron chi connectivity index (χ4n) is 2.42. The van der Waals surface area contributed by atoms with Gasteiger partial charge in [-0.25, -0.2) is 0 Å². The lowest BCUT2D eigenvalue weighted by molar-refractivity contribution is -0.145. The molecule has 0 fully saturated rings. The van der Waals surface area contributed by atoms with E-state index in [0.29, 0.717) is 6.61 Å². The van der Waals surface area contributed by atoms with Gasteiger partial charge in [-0.1, -0.05) is 80.3 Å². The summed E-state index contributed by atoms with van der Waals surface area (Å²) in [5.74, 6) is -0.0631. The van der Waals surface area contributed by atoms with Crippen LogP contribution in [0.15, 0.2) is 60.7 Å². The zero-order valence-electron chi connectivity index (χ0n) is 13.6.